The summed E-state index contributed by atoms with van der Waals surface area (Å²) in [5, 5.41) is 8.76. The number of fused-ring (bicyclic) bond motifs is 1. The van der Waals surface area contributed by atoms with E-state index in [2.05, 4.69) is 30.7 Å². The number of nitrogens with zero attached hydrogens (tertiary/aromatic N) is 5. The maximum absolute atomic E-state index is 12.4. The molecule has 2 N–H and O–H groups in total. The van der Waals surface area contributed by atoms with Gasteiger partial charge >= 0.3 is 0 Å². The monoisotopic (exact) mass is 399 g/mol. The lowest BCUT2D eigenvalue weighted by molar-refractivity contribution is -0.125. The minimum atomic E-state index is -0.441. The van der Waals surface area contributed by atoms with Crippen molar-refractivity contribution in [1.29, 1.82) is 0 Å². The molecule has 0 aromatic carbocycles. The highest BCUT2D eigenvalue weighted by Gasteiger charge is 2.27. The SMILES string of the molecule is CNC(=O)c1noc(CNC(=O)C2CCN(c3nc4nc(C)ccc4o3)CC2)n1. The fourth-order valence-corrected chi connectivity index (χ4v) is 3.21. The van der Waals surface area contributed by atoms with E-state index < -0.39 is 5.91 Å². The molecule has 0 unspecified atom stereocenters. The Kier molecular flexibility index (Phi) is 5.10. The highest BCUT2D eigenvalue weighted by atomic mass is 16.5. The van der Waals surface area contributed by atoms with Crippen molar-refractivity contribution in [2.24, 2.45) is 5.92 Å². The summed E-state index contributed by atoms with van der Waals surface area (Å²) in [6.07, 6.45) is 1.34. The fourth-order valence-electron chi connectivity index (χ4n) is 3.21. The summed E-state index contributed by atoms with van der Waals surface area (Å²) in [4.78, 5) is 38.6. The van der Waals surface area contributed by atoms with Crippen LogP contribution in [0, 0.1) is 12.8 Å². The lowest BCUT2D eigenvalue weighted by Crippen LogP contribution is -2.40. The number of pyridine rings is 1. The van der Waals surface area contributed by atoms with Crippen LogP contribution in [0.15, 0.2) is 21.1 Å². The van der Waals surface area contributed by atoms with E-state index in [4.69, 9.17) is 8.94 Å². The van der Waals surface area contributed by atoms with Gasteiger partial charge in [-0.05, 0) is 31.9 Å². The van der Waals surface area contributed by atoms with Gasteiger partial charge in [-0.3, -0.25) is 9.59 Å². The molecule has 1 saturated heterocycles. The molecule has 0 aliphatic carbocycles. The van der Waals surface area contributed by atoms with Gasteiger partial charge in [-0.15, -0.1) is 0 Å². The first-order valence-electron chi connectivity index (χ1n) is 9.35. The quantitative estimate of drug-likeness (QED) is 0.638. The van der Waals surface area contributed by atoms with Crippen LogP contribution < -0.4 is 15.5 Å². The van der Waals surface area contributed by atoms with Crippen molar-refractivity contribution >= 4 is 29.1 Å². The van der Waals surface area contributed by atoms with Crippen molar-refractivity contribution in [3.8, 4) is 0 Å². The van der Waals surface area contributed by atoms with Crippen molar-refractivity contribution in [2.75, 3.05) is 25.0 Å². The van der Waals surface area contributed by atoms with Crippen molar-refractivity contribution in [3.05, 3.63) is 29.5 Å². The Hall–Kier alpha value is -3.50. The van der Waals surface area contributed by atoms with Gasteiger partial charge in [-0.1, -0.05) is 5.16 Å². The van der Waals surface area contributed by atoms with E-state index in [1.807, 2.05) is 24.0 Å². The third kappa shape index (κ3) is 4.03. The molecule has 152 valence electrons. The van der Waals surface area contributed by atoms with E-state index in [0.29, 0.717) is 43.2 Å². The van der Waals surface area contributed by atoms with Crippen LogP contribution in [0.5, 0.6) is 0 Å². The molecule has 0 spiro atoms. The van der Waals surface area contributed by atoms with Crippen LogP contribution in [0.1, 0.15) is 35.0 Å². The first-order chi connectivity index (χ1) is 14.0. The van der Waals surface area contributed by atoms with Crippen molar-refractivity contribution in [2.45, 2.75) is 26.3 Å². The Morgan fingerprint density at radius 1 is 1.21 bits per heavy atom. The van der Waals surface area contributed by atoms with Crippen LogP contribution in [-0.2, 0) is 11.3 Å². The first-order valence-corrected chi connectivity index (χ1v) is 9.35. The van der Waals surface area contributed by atoms with Crippen LogP contribution in [0.25, 0.3) is 11.2 Å². The topological polar surface area (TPSA) is 139 Å². The smallest absolute Gasteiger partial charge is 0.299 e. The van der Waals surface area contributed by atoms with Crippen LogP contribution >= 0.6 is 0 Å². The summed E-state index contributed by atoms with van der Waals surface area (Å²) in [6, 6.07) is 4.28. The molecular weight excluding hydrogens is 378 g/mol. The average Bonchev–Trinajstić information content (AvgIpc) is 3.38. The number of rotatable bonds is 5. The molecule has 0 bridgehead atoms. The Bertz CT molecular complexity index is 1040. The van der Waals surface area contributed by atoms with E-state index in [-0.39, 0.29) is 30.1 Å². The molecule has 0 atom stereocenters. The summed E-state index contributed by atoms with van der Waals surface area (Å²) < 4.78 is 10.8. The minimum absolute atomic E-state index is 0.0620. The summed E-state index contributed by atoms with van der Waals surface area (Å²) in [5.41, 5.74) is 2.13. The second-order valence-corrected chi connectivity index (χ2v) is 6.84. The zero-order chi connectivity index (χ0) is 20.4. The Morgan fingerprint density at radius 2 is 2.00 bits per heavy atom. The molecule has 1 aliphatic heterocycles. The number of nitrogens with one attached hydrogen (secondary N) is 2. The van der Waals surface area contributed by atoms with Gasteiger partial charge in [0.25, 0.3) is 17.7 Å². The number of hydrogen-bond acceptors (Lipinski definition) is 9. The Balaban J connectivity index is 1.30. The van der Waals surface area contributed by atoms with Gasteiger partial charge in [-0.25, -0.2) is 4.98 Å². The average molecular weight is 399 g/mol. The van der Waals surface area contributed by atoms with E-state index in [0.717, 1.165) is 5.69 Å². The third-order valence-electron chi connectivity index (χ3n) is 4.83. The molecule has 2 amide bonds. The lowest BCUT2D eigenvalue weighted by Gasteiger charge is -2.29. The molecule has 11 nitrogen and oxygen atoms in total. The second-order valence-electron chi connectivity index (χ2n) is 6.84. The summed E-state index contributed by atoms with van der Waals surface area (Å²) in [7, 11) is 1.48. The number of oxazole rings is 1. The van der Waals surface area contributed by atoms with Crippen molar-refractivity contribution < 1.29 is 18.5 Å². The molecule has 4 rings (SSSR count). The normalized spacial score (nSPS) is 14.9. The van der Waals surface area contributed by atoms with Gasteiger partial charge in [0.1, 0.15) is 0 Å². The van der Waals surface area contributed by atoms with E-state index in [1.165, 1.54) is 7.05 Å². The Labute approximate surface area is 165 Å². The van der Waals surface area contributed by atoms with Gasteiger partial charge in [-0.2, -0.15) is 9.97 Å². The summed E-state index contributed by atoms with van der Waals surface area (Å²) in [6.45, 7) is 3.31. The summed E-state index contributed by atoms with van der Waals surface area (Å²) >= 11 is 0. The number of piperidine rings is 1. The second kappa shape index (κ2) is 7.86. The zero-order valence-corrected chi connectivity index (χ0v) is 16.1. The van der Waals surface area contributed by atoms with Crippen molar-refractivity contribution in [3.63, 3.8) is 0 Å². The molecule has 29 heavy (non-hydrogen) atoms. The van der Waals surface area contributed by atoms with Gasteiger partial charge in [0, 0.05) is 31.7 Å². The standard InChI is InChI=1S/C18H21N7O4/c1-10-3-4-12-14(21-10)23-18(28-12)25-7-5-11(6-8-25)16(26)20-9-13-22-15(24-29-13)17(27)19-2/h3-4,11H,5-9H2,1-2H3,(H,19,27)(H,20,26). The molecular formula is C18H21N7O4. The molecule has 0 radical (unpaired) electrons. The minimum Gasteiger partial charge on any atom is -0.422 e. The maximum Gasteiger partial charge on any atom is 0.299 e. The highest BCUT2D eigenvalue weighted by Crippen LogP contribution is 2.26. The van der Waals surface area contributed by atoms with Gasteiger partial charge < -0.3 is 24.5 Å². The summed E-state index contributed by atoms with van der Waals surface area (Å²) in [5.74, 6) is -0.531. The number of aromatic nitrogens is 4. The molecule has 1 aliphatic rings. The molecule has 1 fully saturated rings. The van der Waals surface area contributed by atoms with E-state index in [9.17, 15) is 9.59 Å². The predicted octanol–water partition coefficient (Wildman–Crippen LogP) is 0.807. The number of carbonyl (C=O) groups excluding carboxylic acids is 2. The van der Waals surface area contributed by atoms with Crippen LogP contribution in [0.2, 0.25) is 0 Å². The van der Waals surface area contributed by atoms with Crippen molar-refractivity contribution in [1.82, 2.24) is 30.7 Å². The predicted molar refractivity (Wildman–Crippen MR) is 101 cm³/mol. The highest BCUT2D eigenvalue weighted by molar-refractivity contribution is 5.89. The molecule has 3 aromatic heterocycles. The van der Waals surface area contributed by atoms with E-state index >= 15 is 0 Å². The first kappa shape index (κ1) is 18.8. The molecule has 0 saturated carbocycles. The van der Waals surface area contributed by atoms with Gasteiger partial charge in [0.2, 0.25) is 17.4 Å². The lowest BCUT2D eigenvalue weighted by atomic mass is 9.96. The maximum atomic E-state index is 12.4. The van der Waals surface area contributed by atoms with Crippen LogP contribution in [0.3, 0.4) is 0 Å². The van der Waals surface area contributed by atoms with Crippen LogP contribution in [-0.4, -0.2) is 52.1 Å². The number of anilines is 1. The number of hydrogen-bond donors (Lipinski definition) is 2. The van der Waals surface area contributed by atoms with Gasteiger partial charge in [0.15, 0.2) is 5.58 Å². The molecule has 3 aromatic rings. The molecule has 4 heterocycles. The van der Waals surface area contributed by atoms with Gasteiger partial charge in [0.05, 0.1) is 6.54 Å². The zero-order valence-electron chi connectivity index (χ0n) is 16.1. The number of carbonyl (C=O) groups is 2. The number of amides is 2. The fraction of sp³-hybridized carbons (Fsp3) is 0.444. The number of aryl methyl sites for hydroxylation is 1. The van der Waals surface area contributed by atoms with Crippen LogP contribution in [0.4, 0.5) is 6.01 Å². The largest absolute Gasteiger partial charge is 0.422 e. The third-order valence-corrected chi connectivity index (χ3v) is 4.83. The van der Waals surface area contributed by atoms with E-state index in [1.54, 1.807) is 0 Å². The molecule has 11 heteroatoms. The Morgan fingerprint density at radius 3 is 2.76 bits per heavy atom.